The van der Waals surface area contributed by atoms with Gasteiger partial charge in [0.2, 0.25) is 0 Å². The summed E-state index contributed by atoms with van der Waals surface area (Å²) >= 11 is 1.42. The number of rotatable bonds is 6. The molecule has 3 rings (SSSR count). The zero-order valence-corrected chi connectivity index (χ0v) is 15.9. The van der Waals surface area contributed by atoms with E-state index in [1.807, 2.05) is 24.7 Å². The topological polar surface area (TPSA) is 71.6 Å². The Labute approximate surface area is 156 Å². The number of hydrogen-bond acceptors (Lipinski definition) is 6. The fourth-order valence-electron chi connectivity index (χ4n) is 2.57. The van der Waals surface area contributed by atoms with Gasteiger partial charge in [0.15, 0.2) is 0 Å². The van der Waals surface area contributed by atoms with Gasteiger partial charge in [0.25, 0.3) is 5.69 Å². The van der Waals surface area contributed by atoms with Crippen LogP contribution in [0.3, 0.4) is 0 Å². The lowest BCUT2D eigenvalue weighted by Gasteiger charge is -2.25. The quantitative estimate of drug-likeness (QED) is 0.442. The molecule has 1 aromatic carbocycles. The molecule has 136 valence electrons. The third-order valence-electron chi connectivity index (χ3n) is 3.91. The largest absolute Gasteiger partial charge is 0.339 e. The molecular weight excluding hydrogens is 350 g/mol. The summed E-state index contributed by atoms with van der Waals surface area (Å²) in [5.74, 6) is 0. The second-order valence-electron chi connectivity index (χ2n) is 7.20. The lowest BCUT2D eigenvalue weighted by Crippen LogP contribution is -2.36. The lowest BCUT2D eigenvalue weighted by molar-refractivity contribution is -0.870. The second-order valence-corrected chi connectivity index (χ2v) is 8.26. The molecule has 8 heteroatoms. The number of nitro benzene ring substituents is 1. The van der Waals surface area contributed by atoms with Crippen molar-refractivity contribution in [2.75, 3.05) is 34.2 Å². The normalized spacial score (nSPS) is 16.0. The molecule has 1 aromatic heterocycles. The monoisotopic (exact) mass is 372 g/mol. The van der Waals surface area contributed by atoms with Crippen LogP contribution in [-0.4, -0.2) is 59.9 Å². The van der Waals surface area contributed by atoms with Crippen molar-refractivity contribution in [1.29, 1.82) is 0 Å². The van der Waals surface area contributed by atoms with Crippen molar-refractivity contribution in [1.82, 2.24) is 9.88 Å². The number of fused-ring (bicyclic) bond motifs is 1. The number of nitro groups is 1. The smallest absolute Gasteiger partial charge is 0.270 e. The van der Waals surface area contributed by atoms with Crippen molar-refractivity contribution < 1.29 is 9.41 Å². The minimum absolute atomic E-state index is 0.0838. The van der Waals surface area contributed by atoms with Gasteiger partial charge >= 0.3 is 0 Å². The third kappa shape index (κ3) is 4.74. The molecule has 1 aliphatic heterocycles. The van der Waals surface area contributed by atoms with Crippen molar-refractivity contribution in [3.05, 3.63) is 51.3 Å². The van der Waals surface area contributed by atoms with Gasteiger partial charge in [0.05, 0.1) is 54.9 Å². The summed E-state index contributed by atoms with van der Waals surface area (Å²) in [6, 6.07) is 4.72. The number of benzene rings is 1. The van der Waals surface area contributed by atoms with E-state index < -0.39 is 4.92 Å². The van der Waals surface area contributed by atoms with Crippen molar-refractivity contribution >= 4 is 39.7 Å². The molecule has 0 fully saturated rings. The Morgan fingerprint density at radius 3 is 2.81 bits per heavy atom. The molecule has 0 unspecified atom stereocenters. The first-order chi connectivity index (χ1) is 12.3. The Morgan fingerprint density at radius 2 is 2.15 bits per heavy atom. The summed E-state index contributed by atoms with van der Waals surface area (Å²) in [4.78, 5) is 21.5. The predicted octanol–water partition coefficient (Wildman–Crippen LogP) is 3.50. The highest BCUT2D eigenvalue weighted by Gasteiger charge is 2.11. The fraction of sp³-hybridized carbons (Fsp3) is 0.333. The Morgan fingerprint density at radius 1 is 1.35 bits per heavy atom. The summed E-state index contributed by atoms with van der Waals surface area (Å²) in [7, 11) is 6.56. The molecule has 0 atom stereocenters. The maximum Gasteiger partial charge on any atom is 0.270 e. The van der Waals surface area contributed by atoms with E-state index in [1.165, 1.54) is 17.4 Å². The summed E-state index contributed by atoms with van der Waals surface area (Å²) in [6.07, 6.45) is 8.80. The van der Waals surface area contributed by atoms with Crippen LogP contribution >= 0.6 is 11.3 Å². The molecule has 0 saturated heterocycles. The van der Waals surface area contributed by atoms with E-state index >= 15 is 0 Å². The van der Waals surface area contributed by atoms with E-state index in [9.17, 15) is 10.1 Å². The Balaban J connectivity index is 1.66. The summed E-state index contributed by atoms with van der Waals surface area (Å²) in [5.41, 5.74) is 1.67. The van der Waals surface area contributed by atoms with Gasteiger partial charge in [-0.2, -0.15) is 0 Å². The summed E-state index contributed by atoms with van der Waals surface area (Å²) in [6.45, 7) is 2.05. The first kappa shape index (κ1) is 18.2. The Kier molecular flexibility index (Phi) is 5.15. The van der Waals surface area contributed by atoms with Gasteiger partial charge in [-0.25, -0.2) is 9.98 Å². The van der Waals surface area contributed by atoms with E-state index in [2.05, 4.69) is 36.0 Å². The van der Waals surface area contributed by atoms with Crippen LogP contribution in [0.1, 0.15) is 11.4 Å². The van der Waals surface area contributed by atoms with Gasteiger partial charge in [-0.1, -0.05) is 0 Å². The maximum absolute atomic E-state index is 10.9. The van der Waals surface area contributed by atoms with Crippen molar-refractivity contribution in [3.8, 4) is 0 Å². The van der Waals surface area contributed by atoms with Gasteiger partial charge in [-0.15, -0.1) is 11.3 Å². The molecule has 0 radical (unpaired) electrons. The van der Waals surface area contributed by atoms with Crippen LogP contribution in [0.25, 0.3) is 16.3 Å². The van der Waals surface area contributed by atoms with Crippen LogP contribution in [0, 0.1) is 10.1 Å². The fourth-order valence-corrected chi connectivity index (χ4v) is 3.52. The van der Waals surface area contributed by atoms with E-state index in [0.29, 0.717) is 0 Å². The van der Waals surface area contributed by atoms with Crippen LogP contribution in [0.4, 0.5) is 5.69 Å². The Hall–Kier alpha value is -2.58. The minimum Gasteiger partial charge on any atom is -0.339 e. The van der Waals surface area contributed by atoms with Gasteiger partial charge in [0.1, 0.15) is 5.01 Å². The van der Waals surface area contributed by atoms with E-state index in [-0.39, 0.29) is 5.69 Å². The molecule has 2 aromatic rings. The number of nitrogens with zero attached hydrogens (tertiary/aromatic N) is 5. The van der Waals surface area contributed by atoms with E-state index in [1.54, 1.807) is 12.1 Å². The number of allylic oxidation sites excluding steroid dienone is 1. The molecule has 0 saturated carbocycles. The standard InChI is InChI=1S/C18H22N5O2S/c1-23(2,3)10-4-8-21-9-7-14(19-13-21)11-18-20-16-6-5-15(22(24)25)12-17(16)26-18/h5-7,9,11-13H,4,8,10H2,1-3H3/q+1/b14-11+. The predicted molar refractivity (Wildman–Crippen MR) is 106 cm³/mol. The molecular formula is C18H22N5O2S+. The van der Waals surface area contributed by atoms with E-state index in [4.69, 9.17) is 0 Å². The maximum atomic E-state index is 10.9. The SMILES string of the molecule is C[N+](C)(C)CCCN1C=C/C(=C\c2nc3ccc([N+](=O)[O-])cc3s2)N=C1. The lowest BCUT2D eigenvalue weighted by atomic mass is 10.3. The van der Waals surface area contributed by atoms with Crippen molar-refractivity contribution in [2.24, 2.45) is 4.99 Å². The molecule has 0 amide bonds. The minimum atomic E-state index is -0.390. The zero-order valence-electron chi connectivity index (χ0n) is 15.1. The molecule has 26 heavy (non-hydrogen) atoms. The van der Waals surface area contributed by atoms with Gasteiger partial charge < -0.3 is 9.38 Å². The second kappa shape index (κ2) is 7.35. The van der Waals surface area contributed by atoms with Crippen LogP contribution < -0.4 is 0 Å². The first-order valence-electron chi connectivity index (χ1n) is 8.35. The average Bonchev–Trinajstić information content (AvgIpc) is 2.96. The first-order valence-corrected chi connectivity index (χ1v) is 9.17. The summed E-state index contributed by atoms with van der Waals surface area (Å²) < 4.78 is 1.76. The number of thiazole rings is 1. The highest BCUT2D eigenvalue weighted by atomic mass is 32.1. The van der Waals surface area contributed by atoms with Crippen molar-refractivity contribution in [3.63, 3.8) is 0 Å². The van der Waals surface area contributed by atoms with E-state index in [0.717, 1.165) is 44.9 Å². The number of non-ortho nitro benzene ring substituents is 1. The molecule has 7 nitrogen and oxygen atoms in total. The van der Waals surface area contributed by atoms with Crippen LogP contribution in [-0.2, 0) is 0 Å². The van der Waals surface area contributed by atoms with Gasteiger partial charge in [0, 0.05) is 31.3 Å². The number of hydrogen-bond donors (Lipinski definition) is 0. The molecule has 0 bridgehead atoms. The molecule has 2 heterocycles. The number of aliphatic imine (C=N–C) groups is 1. The van der Waals surface area contributed by atoms with Crippen LogP contribution in [0.5, 0.6) is 0 Å². The molecule has 0 spiro atoms. The van der Waals surface area contributed by atoms with Crippen LogP contribution in [0.2, 0.25) is 0 Å². The highest BCUT2D eigenvalue weighted by molar-refractivity contribution is 7.19. The van der Waals surface area contributed by atoms with Gasteiger partial charge in [-0.3, -0.25) is 10.1 Å². The number of aromatic nitrogens is 1. The van der Waals surface area contributed by atoms with Crippen LogP contribution in [0.15, 0.2) is 41.2 Å². The summed E-state index contributed by atoms with van der Waals surface area (Å²) in [5, 5.41) is 11.7. The van der Waals surface area contributed by atoms with Gasteiger partial charge in [-0.05, 0) is 18.2 Å². The Bertz CT molecular complexity index is 892. The third-order valence-corrected chi connectivity index (χ3v) is 4.87. The average molecular weight is 372 g/mol. The zero-order chi connectivity index (χ0) is 18.7. The molecule has 0 N–H and O–H groups in total. The highest BCUT2D eigenvalue weighted by Crippen LogP contribution is 2.28. The van der Waals surface area contributed by atoms with Crippen molar-refractivity contribution in [2.45, 2.75) is 6.42 Å². The molecule has 1 aliphatic rings. The number of quaternary nitrogens is 1. The molecule has 0 aliphatic carbocycles.